The fraction of sp³-hybridized carbons (Fsp3) is 0.387. The molecule has 9 heteroatoms. The molecule has 2 aromatic rings. The molecule has 3 aliphatic heterocycles. The molecule has 3 fully saturated rings. The number of carbonyl (C=O) groups is 3. The van der Waals surface area contributed by atoms with E-state index < -0.39 is 29.1 Å². The van der Waals surface area contributed by atoms with Gasteiger partial charge >= 0.3 is 0 Å². The number of ether oxygens (including phenoxy) is 1. The van der Waals surface area contributed by atoms with Crippen LogP contribution in [0.25, 0.3) is 0 Å². The van der Waals surface area contributed by atoms with Crippen LogP contribution in [0.15, 0.2) is 79.9 Å². The first-order valence-corrected chi connectivity index (χ1v) is 13.9. The number of hydrogen-bond acceptors (Lipinski definition) is 5. The van der Waals surface area contributed by atoms with E-state index >= 15 is 0 Å². The Morgan fingerprint density at radius 2 is 1.62 bits per heavy atom. The average Bonchev–Trinajstić information content (AvgIpc) is 3.52. The molecule has 2 unspecified atom stereocenters. The Hall–Kier alpha value is -3.46. The van der Waals surface area contributed by atoms with Gasteiger partial charge in [-0.25, -0.2) is 0 Å². The molecule has 40 heavy (non-hydrogen) atoms. The Labute approximate surface area is 239 Å². The lowest BCUT2D eigenvalue weighted by Gasteiger charge is -2.36. The number of aliphatic hydroxyl groups is 1. The molecule has 0 aliphatic carbocycles. The monoisotopic (exact) mass is 563 g/mol. The summed E-state index contributed by atoms with van der Waals surface area (Å²) in [6.45, 7) is 9.59. The van der Waals surface area contributed by atoms with Crippen LogP contribution in [-0.2, 0) is 19.1 Å². The van der Waals surface area contributed by atoms with Crippen molar-refractivity contribution < 1.29 is 24.2 Å². The number of carbonyl (C=O) groups excluding carboxylic acids is 3. The van der Waals surface area contributed by atoms with E-state index in [0.717, 1.165) is 0 Å². The maximum atomic E-state index is 14.4. The van der Waals surface area contributed by atoms with Gasteiger partial charge in [-0.15, -0.1) is 13.2 Å². The predicted octanol–water partition coefficient (Wildman–Crippen LogP) is 3.84. The smallest absolute Gasteiger partial charge is 0.253 e. The van der Waals surface area contributed by atoms with E-state index in [1.165, 1.54) is 4.90 Å². The fourth-order valence-corrected chi connectivity index (χ4v) is 7.00. The molecule has 3 heterocycles. The standard InChI is InChI=1S/C31H34ClN3O5/c1-4-17-33(22-9-7-6-8-10-22)27(37)24-25-28(38)35(19-20-36)26(31(25)16-15-30(24,3)40-31)29(39)34(18-5-2)23-13-11-21(32)12-14-23/h4-14,24-26,36H,1-2,15-20H2,3H3/t24-,25+,26?,30+,31?/m1/s1. The van der Waals surface area contributed by atoms with Gasteiger partial charge in [0.2, 0.25) is 11.8 Å². The molecule has 0 aromatic heterocycles. The number of amides is 3. The van der Waals surface area contributed by atoms with Crippen LogP contribution >= 0.6 is 11.6 Å². The third-order valence-corrected chi connectivity index (χ3v) is 8.73. The Morgan fingerprint density at radius 3 is 2.23 bits per heavy atom. The highest BCUT2D eigenvalue weighted by atomic mass is 35.5. The quantitative estimate of drug-likeness (QED) is 0.444. The minimum atomic E-state index is -1.21. The minimum absolute atomic E-state index is 0.0495. The number of nitrogens with zero attached hydrogens (tertiary/aromatic N) is 3. The zero-order chi connectivity index (χ0) is 28.7. The van der Waals surface area contributed by atoms with Gasteiger partial charge in [0.25, 0.3) is 5.91 Å². The van der Waals surface area contributed by atoms with Crippen molar-refractivity contribution >= 4 is 40.7 Å². The van der Waals surface area contributed by atoms with Crippen LogP contribution in [0.3, 0.4) is 0 Å². The number of para-hydroxylation sites is 1. The second kappa shape index (κ2) is 10.8. The molecule has 1 spiro atoms. The first-order valence-electron chi connectivity index (χ1n) is 13.5. The van der Waals surface area contributed by atoms with Gasteiger partial charge in [-0.3, -0.25) is 14.4 Å². The lowest BCUT2D eigenvalue weighted by Crippen LogP contribution is -2.57. The summed E-state index contributed by atoms with van der Waals surface area (Å²) in [5, 5.41) is 10.4. The van der Waals surface area contributed by atoms with Crippen molar-refractivity contribution in [3.05, 3.63) is 84.9 Å². The maximum absolute atomic E-state index is 14.4. The fourth-order valence-electron chi connectivity index (χ4n) is 6.88. The Kier molecular flexibility index (Phi) is 7.61. The van der Waals surface area contributed by atoms with Gasteiger partial charge in [0.1, 0.15) is 11.6 Å². The number of anilines is 2. The molecule has 3 aliphatic rings. The number of β-amino-alcohol motifs (C(OH)–C–C–N with tert-alkyl or cyclic N) is 1. The van der Waals surface area contributed by atoms with Crippen molar-refractivity contribution in [2.45, 2.75) is 37.0 Å². The molecule has 210 valence electrons. The highest BCUT2D eigenvalue weighted by Gasteiger charge is 2.78. The number of hydrogen-bond donors (Lipinski definition) is 1. The number of likely N-dealkylation sites (tertiary alicyclic amines) is 1. The Bertz CT molecular complexity index is 1320. The number of rotatable bonds is 10. The summed E-state index contributed by atoms with van der Waals surface area (Å²) in [7, 11) is 0. The predicted molar refractivity (Wildman–Crippen MR) is 154 cm³/mol. The zero-order valence-corrected chi connectivity index (χ0v) is 23.3. The van der Waals surface area contributed by atoms with Crippen LogP contribution in [0.2, 0.25) is 5.02 Å². The summed E-state index contributed by atoms with van der Waals surface area (Å²) >= 11 is 6.09. The third-order valence-electron chi connectivity index (χ3n) is 8.48. The van der Waals surface area contributed by atoms with Crippen molar-refractivity contribution in [2.24, 2.45) is 11.8 Å². The summed E-state index contributed by atoms with van der Waals surface area (Å²) < 4.78 is 6.72. The van der Waals surface area contributed by atoms with E-state index in [-0.39, 0.29) is 44.0 Å². The van der Waals surface area contributed by atoms with E-state index in [4.69, 9.17) is 16.3 Å². The molecule has 0 radical (unpaired) electrons. The number of aliphatic hydroxyl groups excluding tert-OH is 1. The van der Waals surface area contributed by atoms with E-state index in [9.17, 15) is 19.5 Å². The molecular weight excluding hydrogens is 530 g/mol. The molecule has 2 bridgehead atoms. The normalized spacial score (nSPS) is 28.3. The molecule has 3 amide bonds. The maximum Gasteiger partial charge on any atom is 0.253 e. The van der Waals surface area contributed by atoms with E-state index in [1.54, 1.807) is 46.2 Å². The molecule has 5 atom stereocenters. The Balaban J connectivity index is 1.58. The van der Waals surface area contributed by atoms with Crippen LogP contribution < -0.4 is 9.80 Å². The van der Waals surface area contributed by atoms with Gasteiger partial charge in [-0.05, 0) is 56.2 Å². The molecular formula is C31H34ClN3O5. The van der Waals surface area contributed by atoms with Crippen molar-refractivity contribution in [1.29, 1.82) is 0 Å². The first-order chi connectivity index (χ1) is 19.2. The SMILES string of the molecule is C=CCN(C(=O)C1N(CCO)C(=O)[C@@H]2[C@H](C(=O)N(CC=C)c3ccccc3)[C@]3(C)CCC12O3)c1ccc(Cl)cc1. The summed E-state index contributed by atoms with van der Waals surface area (Å²) in [5.74, 6) is -2.63. The van der Waals surface area contributed by atoms with Crippen molar-refractivity contribution in [2.75, 3.05) is 36.0 Å². The topological polar surface area (TPSA) is 90.4 Å². The second-order valence-electron chi connectivity index (χ2n) is 10.8. The van der Waals surface area contributed by atoms with Crippen LogP contribution in [0, 0.1) is 11.8 Å². The van der Waals surface area contributed by atoms with Gasteiger partial charge in [-0.2, -0.15) is 0 Å². The molecule has 0 saturated carbocycles. The van der Waals surface area contributed by atoms with Gasteiger partial charge < -0.3 is 24.5 Å². The number of fused-ring (bicyclic) bond motifs is 1. The molecule has 3 saturated heterocycles. The minimum Gasteiger partial charge on any atom is -0.395 e. The highest BCUT2D eigenvalue weighted by Crippen LogP contribution is 2.63. The van der Waals surface area contributed by atoms with Gasteiger partial charge in [0.05, 0.1) is 24.0 Å². The lowest BCUT2D eigenvalue weighted by atomic mass is 9.66. The summed E-state index contributed by atoms with van der Waals surface area (Å²) in [5.41, 5.74) is -0.851. The lowest BCUT2D eigenvalue weighted by molar-refractivity contribution is -0.145. The number of benzene rings is 2. The van der Waals surface area contributed by atoms with Gasteiger partial charge in [0, 0.05) is 36.0 Å². The van der Waals surface area contributed by atoms with Gasteiger partial charge in [-0.1, -0.05) is 42.0 Å². The summed E-state index contributed by atoms with van der Waals surface area (Å²) in [4.78, 5) is 47.4. The third kappa shape index (κ3) is 4.35. The molecule has 1 N–H and O–H groups in total. The Morgan fingerprint density at radius 1 is 1.02 bits per heavy atom. The van der Waals surface area contributed by atoms with E-state index in [1.807, 2.05) is 37.3 Å². The van der Waals surface area contributed by atoms with E-state index in [0.29, 0.717) is 29.2 Å². The average molecular weight is 564 g/mol. The van der Waals surface area contributed by atoms with Crippen LogP contribution in [0.1, 0.15) is 19.8 Å². The summed E-state index contributed by atoms with van der Waals surface area (Å²) in [6.07, 6.45) is 4.22. The van der Waals surface area contributed by atoms with Gasteiger partial charge in [0.15, 0.2) is 0 Å². The van der Waals surface area contributed by atoms with Crippen LogP contribution in [0.5, 0.6) is 0 Å². The molecule has 8 nitrogen and oxygen atoms in total. The van der Waals surface area contributed by atoms with Crippen molar-refractivity contribution in [3.63, 3.8) is 0 Å². The van der Waals surface area contributed by atoms with E-state index in [2.05, 4.69) is 13.2 Å². The van der Waals surface area contributed by atoms with Crippen LogP contribution in [0.4, 0.5) is 11.4 Å². The van der Waals surface area contributed by atoms with Crippen molar-refractivity contribution in [3.8, 4) is 0 Å². The molecule has 2 aromatic carbocycles. The largest absolute Gasteiger partial charge is 0.395 e. The second-order valence-corrected chi connectivity index (χ2v) is 11.2. The number of halogens is 1. The van der Waals surface area contributed by atoms with Crippen molar-refractivity contribution in [1.82, 2.24) is 4.90 Å². The highest BCUT2D eigenvalue weighted by molar-refractivity contribution is 6.30. The zero-order valence-electron chi connectivity index (χ0n) is 22.5. The first kappa shape index (κ1) is 28.1. The van der Waals surface area contributed by atoms with Crippen LogP contribution in [-0.4, -0.2) is 71.2 Å². The summed E-state index contributed by atoms with van der Waals surface area (Å²) in [6, 6.07) is 15.1. The molecule has 5 rings (SSSR count).